The Morgan fingerprint density at radius 2 is 1.68 bits per heavy atom. The molecule has 0 saturated carbocycles. The fraction of sp³-hybridized carbons (Fsp3) is 0. The SMILES string of the molecule is O=C(O)c1cc2c([nH]c3ccccc32)c(-c2ccccc2)n1. The van der Waals surface area contributed by atoms with Gasteiger partial charge in [-0.3, -0.25) is 0 Å². The number of para-hydroxylation sites is 1. The van der Waals surface area contributed by atoms with Crippen LogP contribution in [0.3, 0.4) is 0 Å². The highest BCUT2D eigenvalue weighted by Gasteiger charge is 2.15. The van der Waals surface area contributed by atoms with Crippen LogP contribution in [0, 0.1) is 0 Å². The lowest BCUT2D eigenvalue weighted by atomic mass is 10.1. The highest BCUT2D eigenvalue weighted by molar-refractivity contribution is 6.12. The average molecular weight is 288 g/mol. The number of aromatic nitrogens is 2. The van der Waals surface area contributed by atoms with E-state index in [-0.39, 0.29) is 5.69 Å². The summed E-state index contributed by atoms with van der Waals surface area (Å²) in [4.78, 5) is 19.1. The van der Waals surface area contributed by atoms with Gasteiger partial charge in [-0.25, -0.2) is 9.78 Å². The van der Waals surface area contributed by atoms with Gasteiger partial charge in [0.15, 0.2) is 0 Å². The molecule has 2 aromatic heterocycles. The van der Waals surface area contributed by atoms with Crippen LogP contribution >= 0.6 is 0 Å². The number of carboxylic acids is 1. The van der Waals surface area contributed by atoms with Gasteiger partial charge in [-0.1, -0.05) is 48.5 Å². The van der Waals surface area contributed by atoms with Crippen LogP contribution in [0.15, 0.2) is 60.7 Å². The van der Waals surface area contributed by atoms with E-state index >= 15 is 0 Å². The minimum atomic E-state index is -1.02. The van der Waals surface area contributed by atoms with Crippen LogP contribution < -0.4 is 0 Å². The molecule has 4 heteroatoms. The average Bonchev–Trinajstić information content (AvgIpc) is 2.93. The summed E-state index contributed by atoms with van der Waals surface area (Å²) in [5.41, 5.74) is 3.43. The number of hydrogen-bond acceptors (Lipinski definition) is 2. The molecule has 0 radical (unpaired) electrons. The van der Waals surface area contributed by atoms with Crippen molar-refractivity contribution in [1.82, 2.24) is 9.97 Å². The zero-order valence-electron chi connectivity index (χ0n) is 11.6. The molecule has 0 aliphatic heterocycles. The van der Waals surface area contributed by atoms with E-state index in [4.69, 9.17) is 0 Å². The highest BCUT2D eigenvalue weighted by atomic mass is 16.4. The molecule has 4 aromatic rings. The Hall–Kier alpha value is -3.14. The Kier molecular flexibility index (Phi) is 2.69. The molecule has 0 bridgehead atoms. The van der Waals surface area contributed by atoms with Gasteiger partial charge in [0.25, 0.3) is 0 Å². The van der Waals surface area contributed by atoms with Gasteiger partial charge < -0.3 is 10.1 Å². The Labute approximate surface area is 126 Å². The van der Waals surface area contributed by atoms with E-state index in [0.29, 0.717) is 5.69 Å². The van der Waals surface area contributed by atoms with Crippen LogP contribution in [-0.4, -0.2) is 21.0 Å². The number of aromatic amines is 1. The fourth-order valence-corrected chi connectivity index (χ4v) is 2.76. The van der Waals surface area contributed by atoms with Crippen molar-refractivity contribution in [3.8, 4) is 11.3 Å². The van der Waals surface area contributed by atoms with E-state index in [1.54, 1.807) is 6.07 Å². The third-order valence-electron chi connectivity index (χ3n) is 3.76. The van der Waals surface area contributed by atoms with Crippen LogP contribution in [0.5, 0.6) is 0 Å². The largest absolute Gasteiger partial charge is 0.477 e. The first-order valence-electron chi connectivity index (χ1n) is 6.94. The quantitative estimate of drug-likeness (QED) is 0.584. The molecule has 106 valence electrons. The van der Waals surface area contributed by atoms with E-state index in [1.165, 1.54) is 0 Å². The van der Waals surface area contributed by atoms with E-state index in [1.807, 2.05) is 54.6 Å². The summed E-state index contributed by atoms with van der Waals surface area (Å²) in [6, 6.07) is 19.1. The van der Waals surface area contributed by atoms with Crippen LogP contribution in [-0.2, 0) is 0 Å². The topological polar surface area (TPSA) is 66.0 Å². The van der Waals surface area contributed by atoms with Gasteiger partial charge >= 0.3 is 5.97 Å². The second-order valence-corrected chi connectivity index (χ2v) is 5.12. The standard InChI is InChI=1S/C18H12N2O2/c21-18(22)15-10-13-12-8-4-5-9-14(12)19-17(13)16(20-15)11-6-2-1-3-7-11/h1-10,19H,(H,21,22). The summed E-state index contributed by atoms with van der Waals surface area (Å²) in [7, 11) is 0. The van der Waals surface area contributed by atoms with E-state index in [9.17, 15) is 9.90 Å². The van der Waals surface area contributed by atoms with Crippen molar-refractivity contribution in [2.75, 3.05) is 0 Å². The lowest BCUT2D eigenvalue weighted by Crippen LogP contribution is -2.01. The number of fused-ring (bicyclic) bond motifs is 3. The highest BCUT2D eigenvalue weighted by Crippen LogP contribution is 2.32. The lowest BCUT2D eigenvalue weighted by Gasteiger charge is -2.05. The number of nitrogens with zero attached hydrogens (tertiary/aromatic N) is 1. The maximum atomic E-state index is 11.4. The predicted octanol–water partition coefficient (Wildman–Crippen LogP) is 4.08. The Bertz CT molecular complexity index is 1000. The van der Waals surface area contributed by atoms with Crippen LogP contribution in [0.2, 0.25) is 0 Å². The van der Waals surface area contributed by atoms with Gasteiger partial charge in [0.2, 0.25) is 0 Å². The normalized spacial score (nSPS) is 11.1. The van der Waals surface area contributed by atoms with E-state index in [2.05, 4.69) is 9.97 Å². The number of H-pyrrole nitrogens is 1. The molecule has 0 spiro atoms. The molecule has 0 fully saturated rings. The zero-order valence-corrected chi connectivity index (χ0v) is 11.6. The van der Waals surface area contributed by atoms with Crippen LogP contribution in [0.4, 0.5) is 0 Å². The van der Waals surface area contributed by atoms with Gasteiger partial charge in [0.05, 0.1) is 11.2 Å². The van der Waals surface area contributed by atoms with Gasteiger partial charge in [-0.05, 0) is 12.1 Å². The molecular weight excluding hydrogens is 276 g/mol. The monoisotopic (exact) mass is 288 g/mol. The smallest absolute Gasteiger partial charge is 0.354 e. The molecule has 0 amide bonds. The van der Waals surface area contributed by atoms with Crippen molar-refractivity contribution in [2.45, 2.75) is 0 Å². The molecule has 2 N–H and O–H groups in total. The van der Waals surface area contributed by atoms with Gasteiger partial charge in [0, 0.05) is 21.9 Å². The first-order valence-corrected chi connectivity index (χ1v) is 6.94. The summed E-state index contributed by atoms with van der Waals surface area (Å²) in [5.74, 6) is -1.02. The lowest BCUT2D eigenvalue weighted by molar-refractivity contribution is 0.0691. The molecule has 0 unspecified atom stereocenters. The first kappa shape index (κ1) is 12.6. The molecule has 22 heavy (non-hydrogen) atoms. The van der Waals surface area contributed by atoms with E-state index < -0.39 is 5.97 Å². The summed E-state index contributed by atoms with van der Waals surface area (Å²) in [5, 5.41) is 11.2. The number of benzene rings is 2. The van der Waals surface area contributed by atoms with Crippen LogP contribution in [0.25, 0.3) is 33.1 Å². The summed E-state index contributed by atoms with van der Waals surface area (Å²) >= 11 is 0. The number of nitrogens with one attached hydrogen (secondary N) is 1. The maximum Gasteiger partial charge on any atom is 0.354 e. The third kappa shape index (κ3) is 1.85. The molecule has 0 aliphatic carbocycles. The van der Waals surface area contributed by atoms with Crippen LogP contribution in [0.1, 0.15) is 10.5 Å². The molecular formula is C18H12N2O2. The number of carboxylic acid groups (broad SMARTS) is 1. The molecule has 4 nitrogen and oxygen atoms in total. The number of aromatic carboxylic acids is 1. The second kappa shape index (κ2) is 4.70. The number of carbonyl (C=O) groups is 1. The van der Waals surface area contributed by atoms with Crippen molar-refractivity contribution < 1.29 is 9.90 Å². The Morgan fingerprint density at radius 3 is 2.45 bits per heavy atom. The summed E-state index contributed by atoms with van der Waals surface area (Å²) in [6.45, 7) is 0. The van der Waals surface area contributed by atoms with Gasteiger partial charge in [-0.15, -0.1) is 0 Å². The molecule has 0 atom stereocenters. The third-order valence-corrected chi connectivity index (χ3v) is 3.76. The van der Waals surface area contributed by atoms with Gasteiger partial charge in [0.1, 0.15) is 5.69 Å². The summed E-state index contributed by atoms with van der Waals surface area (Å²) in [6.07, 6.45) is 0. The second-order valence-electron chi connectivity index (χ2n) is 5.12. The van der Waals surface area contributed by atoms with Crippen molar-refractivity contribution >= 4 is 27.8 Å². The fourth-order valence-electron chi connectivity index (χ4n) is 2.76. The van der Waals surface area contributed by atoms with Crippen molar-refractivity contribution in [2.24, 2.45) is 0 Å². The minimum absolute atomic E-state index is 0.0520. The molecule has 0 saturated heterocycles. The Balaban J connectivity index is 2.16. The van der Waals surface area contributed by atoms with Crippen molar-refractivity contribution in [1.29, 1.82) is 0 Å². The Morgan fingerprint density at radius 1 is 0.955 bits per heavy atom. The predicted molar refractivity (Wildman–Crippen MR) is 86.0 cm³/mol. The number of pyridine rings is 1. The van der Waals surface area contributed by atoms with E-state index in [0.717, 1.165) is 27.4 Å². The summed E-state index contributed by atoms with van der Waals surface area (Å²) < 4.78 is 0. The zero-order chi connectivity index (χ0) is 15.1. The molecule has 0 aliphatic rings. The van der Waals surface area contributed by atoms with Gasteiger partial charge in [-0.2, -0.15) is 0 Å². The maximum absolute atomic E-state index is 11.4. The molecule has 2 heterocycles. The minimum Gasteiger partial charge on any atom is -0.477 e. The number of rotatable bonds is 2. The first-order chi connectivity index (χ1) is 10.7. The van der Waals surface area contributed by atoms with Crippen molar-refractivity contribution in [3.63, 3.8) is 0 Å². The molecule has 2 aromatic carbocycles. The molecule has 4 rings (SSSR count). The van der Waals surface area contributed by atoms with Crippen molar-refractivity contribution in [3.05, 3.63) is 66.4 Å². The number of hydrogen-bond donors (Lipinski definition) is 2.